The van der Waals surface area contributed by atoms with Gasteiger partial charge >= 0.3 is 0 Å². The Morgan fingerprint density at radius 2 is 2.05 bits per heavy atom. The topological polar surface area (TPSA) is 112 Å². The highest BCUT2D eigenvalue weighted by Gasteiger charge is 2.29. The van der Waals surface area contributed by atoms with Gasteiger partial charge in [-0.05, 0) is 42.0 Å². The van der Waals surface area contributed by atoms with E-state index in [2.05, 4.69) is 30.6 Å². The quantitative estimate of drug-likeness (QED) is 0.277. The molecule has 0 radical (unpaired) electrons. The highest BCUT2D eigenvalue weighted by Crippen LogP contribution is 2.37. The normalized spacial score (nSPS) is 17.8. The average Bonchev–Trinajstić information content (AvgIpc) is 3.48. The Morgan fingerprint density at radius 3 is 2.78 bits per heavy atom. The number of nitrogens with zero attached hydrogens (tertiary/aromatic N) is 6. The van der Waals surface area contributed by atoms with Crippen molar-refractivity contribution in [2.45, 2.75) is 64.0 Å². The van der Waals surface area contributed by atoms with Gasteiger partial charge in [0, 0.05) is 43.3 Å². The number of hydrogen-bond acceptors (Lipinski definition) is 8. The van der Waals surface area contributed by atoms with Crippen molar-refractivity contribution >= 4 is 17.4 Å². The van der Waals surface area contributed by atoms with E-state index >= 15 is 0 Å². The number of fused-ring (bicyclic) bond motifs is 1. The van der Waals surface area contributed by atoms with Gasteiger partial charge in [-0.1, -0.05) is 32.9 Å². The van der Waals surface area contributed by atoms with E-state index in [0.717, 1.165) is 28.1 Å². The second-order valence-electron chi connectivity index (χ2n) is 10.6. The van der Waals surface area contributed by atoms with E-state index in [1.165, 1.54) is 0 Å². The van der Waals surface area contributed by atoms with Gasteiger partial charge < -0.3 is 9.73 Å². The minimum Gasteiger partial charge on any atom is -0.418 e. The Balaban J connectivity index is 1.39. The second kappa shape index (κ2) is 9.84. The molecule has 10 heteroatoms. The Hall–Kier alpha value is -3.95. The van der Waals surface area contributed by atoms with Crippen molar-refractivity contribution < 1.29 is 13.6 Å². The van der Waals surface area contributed by atoms with E-state index in [-0.39, 0.29) is 29.4 Å². The van der Waals surface area contributed by atoms with Crippen LogP contribution in [0.25, 0.3) is 11.3 Å². The minimum absolute atomic E-state index is 0.0128. The number of aryl methyl sites for hydroxylation is 1. The van der Waals surface area contributed by atoms with Crippen LogP contribution in [-0.2, 0) is 18.9 Å². The lowest BCUT2D eigenvalue weighted by Crippen LogP contribution is -2.11. The van der Waals surface area contributed by atoms with Crippen molar-refractivity contribution in [1.29, 1.82) is 0 Å². The summed E-state index contributed by atoms with van der Waals surface area (Å²) in [6.07, 6.45) is 5.70. The Kier molecular flexibility index (Phi) is 6.57. The predicted octanol–water partition coefficient (Wildman–Crippen LogP) is 5.33. The van der Waals surface area contributed by atoms with E-state index in [4.69, 9.17) is 4.42 Å². The van der Waals surface area contributed by atoms with Gasteiger partial charge in [0.25, 0.3) is 5.89 Å². The molecule has 0 saturated carbocycles. The number of carbonyl (C=O) groups excluding carboxylic acids is 1. The molecule has 1 aromatic carbocycles. The standard InChI is InChI=1S/C27H30FN7O2/c1-27(2,3)25-34-33-24(37-25)23(36)13-16-5-7-19(28)12-18-11-17(6-8-21(16)18)22-9-10-29-26(32-22)31-20-14-30-35(4)15-20/h6,8-11,14-16,19H,5,7,12-13H2,1-4H3,(H,29,31,32)/t16-,19+/m1/s1. The summed E-state index contributed by atoms with van der Waals surface area (Å²) in [5, 5.41) is 15.3. The van der Waals surface area contributed by atoms with E-state index in [9.17, 15) is 9.18 Å². The number of ketones is 1. The molecule has 2 atom stereocenters. The zero-order chi connectivity index (χ0) is 26.2. The number of aromatic nitrogens is 6. The molecule has 0 saturated heterocycles. The van der Waals surface area contributed by atoms with E-state index in [0.29, 0.717) is 31.1 Å². The van der Waals surface area contributed by atoms with Crippen LogP contribution in [0.1, 0.15) is 73.7 Å². The molecular weight excluding hydrogens is 473 g/mol. The molecule has 0 unspecified atom stereocenters. The number of benzene rings is 1. The van der Waals surface area contributed by atoms with Crippen LogP contribution in [-0.4, -0.2) is 41.9 Å². The van der Waals surface area contributed by atoms with Crippen molar-refractivity contribution in [1.82, 2.24) is 29.9 Å². The number of nitrogens with one attached hydrogen (secondary N) is 1. The molecule has 192 valence electrons. The number of alkyl halides is 1. The number of anilines is 2. The zero-order valence-electron chi connectivity index (χ0n) is 21.4. The lowest BCUT2D eigenvalue weighted by molar-refractivity contribution is 0.0934. The summed E-state index contributed by atoms with van der Waals surface area (Å²) in [6, 6.07) is 7.76. The van der Waals surface area contributed by atoms with Crippen molar-refractivity contribution in [2.24, 2.45) is 7.05 Å². The fraction of sp³-hybridized carbons (Fsp3) is 0.407. The fourth-order valence-corrected chi connectivity index (χ4v) is 4.58. The number of carbonyl (C=O) groups is 1. The van der Waals surface area contributed by atoms with Crippen LogP contribution < -0.4 is 5.32 Å². The monoisotopic (exact) mass is 503 g/mol. The SMILES string of the molecule is Cn1cc(Nc2nccc(-c3ccc4c(c3)C[C@@H](F)CC[C@@H]4CC(=O)c3nnc(C(C)(C)C)o3)n2)cn1. The second-order valence-corrected chi connectivity index (χ2v) is 10.6. The highest BCUT2D eigenvalue weighted by molar-refractivity contribution is 5.92. The fourth-order valence-electron chi connectivity index (χ4n) is 4.58. The average molecular weight is 504 g/mol. The summed E-state index contributed by atoms with van der Waals surface area (Å²) in [7, 11) is 1.84. The third-order valence-corrected chi connectivity index (χ3v) is 6.50. The number of hydrogen-bond donors (Lipinski definition) is 1. The molecule has 37 heavy (non-hydrogen) atoms. The predicted molar refractivity (Wildman–Crippen MR) is 136 cm³/mol. The summed E-state index contributed by atoms with van der Waals surface area (Å²) in [4.78, 5) is 21.9. The van der Waals surface area contributed by atoms with Gasteiger partial charge in [-0.3, -0.25) is 9.48 Å². The molecule has 0 spiro atoms. The first-order chi connectivity index (χ1) is 17.7. The van der Waals surface area contributed by atoms with Crippen LogP contribution in [0, 0.1) is 0 Å². The first-order valence-electron chi connectivity index (χ1n) is 12.4. The first-order valence-corrected chi connectivity index (χ1v) is 12.4. The molecular formula is C27H30FN7O2. The minimum atomic E-state index is -0.974. The van der Waals surface area contributed by atoms with Crippen molar-refractivity contribution in [2.75, 3.05) is 5.32 Å². The molecule has 4 aromatic rings. The molecule has 1 N–H and O–H groups in total. The van der Waals surface area contributed by atoms with Gasteiger partial charge in [-0.2, -0.15) is 5.10 Å². The Bertz CT molecular complexity index is 1420. The smallest absolute Gasteiger partial charge is 0.284 e. The van der Waals surface area contributed by atoms with E-state index in [1.807, 2.05) is 58.3 Å². The molecule has 3 heterocycles. The van der Waals surface area contributed by atoms with Crippen LogP contribution >= 0.6 is 0 Å². The van der Waals surface area contributed by atoms with Crippen molar-refractivity contribution in [3.05, 3.63) is 65.8 Å². The number of Topliss-reactive ketones (excluding diaryl/α,β-unsaturated/α-hetero) is 1. The largest absolute Gasteiger partial charge is 0.418 e. The third kappa shape index (κ3) is 5.58. The van der Waals surface area contributed by atoms with Crippen LogP contribution in [0.3, 0.4) is 0 Å². The summed E-state index contributed by atoms with van der Waals surface area (Å²) in [6.45, 7) is 5.85. The van der Waals surface area contributed by atoms with Gasteiger partial charge in [0.05, 0.1) is 17.6 Å². The maximum Gasteiger partial charge on any atom is 0.284 e. The molecule has 0 aliphatic heterocycles. The molecule has 3 aromatic heterocycles. The molecule has 1 aliphatic carbocycles. The van der Waals surface area contributed by atoms with Crippen LogP contribution in [0.4, 0.5) is 16.0 Å². The molecule has 0 bridgehead atoms. The first kappa shape index (κ1) is 24.7. The summed E-state index contributed by atoms with van der Waals surface area (Å²) in [5.41, 5.74) is 3.90. The maximum atomic E-state index is 14.8. The lowest BCUT2D eigenvalue weighted by atomic mass is 9.87. The number of rotatable bonds is 6. The molecule has 5 rings (SSSR count). The van der Waals surface area contributed by atoms with Gasteiger partial charge in [0.2, 0.25) is 17.6 Å². The Labute approximate surface area is 214 Å². The molecule has 9 nitrogen and oxygen atoms in total. The molecule has 1 aliphatic rings. The van der Waals surface area contributed by atoms with E-state index < -0.39 is 6.17 Å². The zero-order valence-corrected chi connectivity index (χ0v) is 21.4. The van der Waals surface area contributed by atoms with Gasteiger partial charge in [0.1, 0.15) is 6.17 Å². The van der Waals surface area contributed by atoms with Crippen LogP contribution in [0.2, 0.25) is 0 Å². The highest BCUT2D eigenvalue weighted by atomic mass is 19.1. The van der Waals surface area contributed by atoms with Gasteiger partial charge in [-0.15, -0.1) is 10.2 Å². The van der Waals surface area contributed by atoms with Crippen molar-refractivity contribution in [3.63, 3.8) is 0 Å². The van der Waals surface area contributed by atoms with Gasteiger partial charge in [0.15, 0.2) is 0 Å². The maximum absolute atomic E-state index is 14.8. The van der Waals surface area contributed by atoms with E-state index in [1.54, 1.807) is 17.1 Å². The molecule has 0 fully saturated rings. The van der Waals surface area contributed by atoms with Crippen LogP contribution in [0.5, 0.6) is 0 Å². The van der Waals surface area contributed by atoms with Crippen LogP contribution in [0.15, 0.2) is 47.3 Å². The van der Waals surface area contributed by atoms with Crippen molar-refractivity contribution in [3.8, 4) is 11.3 Å². The third-order valence-electron chi connectivity index (χ3n) is 6.50. The lowest BCUT2D eigenvalue weighted by Gasteiger charge is -2.17. The van der Waals surface area contributed by atoms with Gasteiger partial charge in [-0.25, -0.2) is 14.4 Å². The Morgan fingerprint density at radius 1 is 1.22 bits per heavy atom. The summed E-state index contributed by atoms with van der Waals surface area (Å²) in [5.74, 6) is 0.533. The number of halogens is 1. The summed E-state index contributed by atoms with van der Waals surface area (Å²) >= 11 is 0. The molecule has 0 amide bonds. The summed E-state index contributed by atoms with van der Waals surface area (Å²) < 4.78 is 22.1.